The van der Waals surface area contributed by atoms with Crippen LogP contribution in [0.2, 0.25) is 0 Å². The van der Waals surface area contributed by atoms with E-state index in [2.05, 4.69) is 15.6 Å². The van der Waals surface area contributed by atoms with Gasteiger partial charge in [0.05, 0.1) is 5.56 Å². The van der Waals surface area contributed by atoms with Crippen LogP contribution in [0.1, 0.15) is 24.2 Å². The molecule has 0 bridgehead atoms. The van der Waals surface area contributed by atoms with Crippen molar-refractivity contribution in [1.82, 2.24) is 15.6 Å². The lowest BCUT2D eigenvalue weighted by atomic mass is 10.1. The van der Waals surface area contributed by atoms with E-state index in [1.807, 2.05) is 0 Å². The number of phenols is 1. The zero-order chi connectivity index (χ0) is 19.3. The van der Waals surface area contributed by atoms with E-state index in [0.717, 1.165) is 11.3 Å². The van der Waals surface area contributed by atoms with E-state index in [1.54, 1.807) is 37.4 Å². The highest BCUT2D eigenvalue weighted by atomic mass is 32.2. The summed E-state index contributed by atoms with van der Waals surface area (Å²) in [6.07, 6.45) is 0. The van der Waals surface area contributed by atoms with Crippen molar-refractivity contribution in [3.8, 4) is 5.75 Å². The van der Waals surface area contributed by atoms with Gasteiger partial charge >= 0.3 is 0 Å². The van der Waals surface area contributed by atoms with Crippen molar-refractivity contribution in [3.05, 3.63) is 47.3 Å². The maximum absolute atomic E-state index is 12.3. The molecule has 0 saturated heterocycles. The first kappa shape index (κ1) is 19.9. The van der Waals surface area contributed by atoms with Gasteiger partial charge in [0.15, 0.2) is 0 Å². The standard InChI is InChI=1S/C16H19N3O5S2/c1-10(2)14(19-26(23,24)13-8-5-9-25-13)16(22)18-17-15(21)11-6-3-4-7-12(11)20/h3-10,14,19-20H,1-2H3,(H,17,21)(H,18,22). The Bertz CT molecular complexity index is 879. The van der Waals surface area contributed by atoms with Crippen LogP contribution in [0.4, 0.5) is 0 Å². The van der Waals surface area contributed by atoms with Gasteiger partial charge < -0.3 is 5.11 Å². The van der Waals surface area contributed by atoms with Crippen LogP contribution in [0.5, 0.6) is 5.75 Å². The van der Waals surface area contributed by atoms with Gasteiger partial charge in [-0.05, 0) is 29.5 Å². The van der Waals surface area contributed by atoms with Crippen molar-refractivity contribution in [1.29, 1.82) is 0 Å². The number of benzene rings is 1. The van der Waals surface area contributed by atoms with Crippen molar-refractivity contribution < 1.29 is 23.1 Å². The predicted molar refractivity (Wildman–Crippen MR) is 97.0 cm³/mol. The molecule has 2 amide bonds. The minimum atomic E-state index is -3.85. The number of sulfonamides is 1. The third-order valence-electron chi connectivity index (χ3n) is 3.44. The molecule has 0 radical (unpaired) electrons. The molecular formula is C16H19N3O5S2. The second-order valence-electron chi connectivity index (χ2n) is 5.74. The SMILES string of the molecule is CC(C)C(NS(=O)(=O)c1cccs1)C(=O)NNC(=O)c1ccccc1O. The molecule has 1 unspecified atom stereocenters. The van der Waals surface area contributed by atoms with Gasteiger partial charge in [-0.3, -0.25) is 20.4 Å². The van der Waals surface area contributed by atoms with Gasteiger partial charge in [0.25, 0.3) is 21.8 Å². The number of rotatable bonds is 6. The number of thiophene rings is 1. The molecule has 10 heteroatoms. The minimum absolute atomic E-state index is 0.0203. The number of nitrogens with one attached hydrogen (secondary N) is 3. The number of hydrazine groups is 1. The molecule has 1 heterocycles. The number of hydrogen-bond donors (Lipinski definition) is 4. The van der Waals surface area contributed by atoms with Crippen molar-refractivity contribution >= 4 is 33.2 Å². The lowest BCUT2D eigenvalue weighted by molar-refractivity contribution is -0.124. The molecule has 2 aromatic rings. The topological polar surface area (TPSA) is 125 Å². The summed E-state index contributed by atoms with van der Waals surface area (Å²) in [4.78, 5) is 24.4. The molecule has 0 aliphatic carbocycles. The van der Waals surface area contributed by atoms with Crippen LogP contribution >= 0.6 is 11.3 Å². The average molecular weight is 397 g/mol. The maximum atomic E-state index is 12.3. The van der Waals surface area contributed by atoms with Crippen LogP contribution in [-0.4, -0.2) is 31.4 Å². The van der Waals surface area contributed by atoms with Crippen LogP contribution in [0.3, 0.4) is 0 Å². The summed E-state index contributed by atoms with van der Waals surface area (Å²) < 4.78 is 27.1. The maximum Gasteiger partial charge on any atom is 0.273 e. The second-order valence-corrected chi connectivity index (χ2v) is 8.62. The molecule has 0 spiro atoms. The Balaban J connectivity index is 2.05. The quantitative estimate of drug-likeness (QED) is 0.546. The molecule has 1 aromatic carbocycles. The van der Waals surface area contributed by atoms with Crippen molar-refractivity contribution in [2.45, 2.75) is 24.1 Å². The Morgan fingerprint density at radius 3 is 2.35 bits per heavy atom. The van der Waals surface area contributed by atoms with Crippen molar-refractivity contribution in [2.24, 2.45) is 5.92 Å². The summed E-state index contributed by atoms with van der Waals surface area (Å²) in [5.74, 6) is -2.05. The summed E-state index contributed by atoms with van der Waals surface area (Å²) in [5, 5.41) is 11.3. The average Bonchev–Trinajstić information content (AvgIpc) is 3.13. The Morgan fingerprint density at radius 1 is 1.08 bits per heavy atom. The Kier molecular flexibility index (Phi) is 6.35. The molecule has 140 valence electrons. The normalized spacial score (nSPS) is 12.6. The largest absolute Gasteiger partial charge is 0.507 e. The molecule has 1 atom stereocenters. The van der Waals surface area contributed by atoms with Gasteiger partial charge in [-0.2, -0.15) is 4.72 Å². The van der Waals surface area contributed by atoms with E-state index in [1.165, 1.54) is 18.2 Å². The molecule has 4 N–H and O–H groups in total. The highest BCUT2D eigenvalue weighted by molar-refractivity contribution is 7.91. The van der Waals surface area contributed by atoms with Gasteiger partial charge in [-0.15, -0.1) is 11.3 Å². The predicted octanol–water partition coefficient (Wildman–Crippen LogP) is 1.22. The van der Waals surface area contributed by atoms with Crippen molar-refractivity contribution in [2.75, 3.05) is 0 Å². The van der Waals surface area contributed by atoms with Gasteiger partial charge in [0.2, 0.25) is 0 Å². The molecule has 0 fully saturated rings. The fraction of sp³-hybridized carbons (Fsp3) is 0.250. The Morgan fingerprint density at radius 2 is 1.77 bits per heavy atom. The number of phenolic OH excluding ortho intramolecular Hbond substituents is 1. The Labute approximate surface area is 155 Å². The summed E-state index contributed by atoms with van der Waals surface area (Å²) >= 11 is 1.03. The van der Waals surface area contributed by atoms with E-state index >= 15 is 0 Å². The molecule has 0 saturated carbocycles. The molecule has 1 aromatic heterocycles. The number of carbonyl (C=O) groups excluding carboxylic acids is 2. The first-order valence-corrected chi connectivity index (χ1v) is 10.0. The third kappa shape index (κ3) is 4.81. The number of para-hydroxylation sites is 1. The fourth-order valence-corrected chi connectivity index (χ4v) is 4.42. The van der Waals surface area contributed by atoms with E-state index in [4.69, 9.17) is 0 Å². The number of hydrogen-bond acceptors (Lipinski definition) is 6. The van der Waals surface area contributed by atoms with E-state index < -0.39 is 27.9 Å². The zero-order valence-electron chi connectivity index (χ0n) is 14.1. The summed E-state index contributed by atoms with van der Waals surface area (Å²) in [5.41, 5.74) is 4.33. The highest BCUT2D eigenvalue weighted by Crippen LogP contribution is 2.17. The first-order chi connectivity index (χ1) is 12.2. The van der Waals surface area contributed by atoms with Crippen LogP contribution in [0.15, 0.2) is 46.0 Å². The molecule has 26 heavy (non-hydrogen) atoms. The molecule has 0 aliphatic rings. The smallest absolute Gasteiger partial charge is 0.273 e. The molecule has 0 aliphatic heterocycles. The molecule has 8 nitrogen and oxygen atoms in total. The monoisotopic (exact) mass is 397 g/mol. The summed E-state index contributed by atoms with van der Waals surface area (Å²) in [7, 11) is -3.85. The number of aromatic hydroxyl groups is 1. The molecule has 2 rings (SSSR count). The van der Waals surface area contributed by atoms with Crippen LogP contribution in [0.25, 0.3) is 0 Å². The van der Waals surface area contributed by atoms with Crippen LogP contribution < -0.4 is 15.6 Å². The Hall–Kier alpha value is -2.43. The lowest BCUT2D eigenvalue weighted by Gasteiger charge is -2.21. The van der Waals surface area contributed by atoms with Gasteiger partial charge in [-0.1, -0.05) is 32.0 Å². The van der Waals surface area contributed by atoms with E-state index in [9.17, 15) is 23.1 Å². The van der Waals surface area contributed by atoms with E-state index in [-0.39, 0.29) is 21.4 Å². The van der Waals surface area contributed by atoms with Gasteiger partial charge in [0, 0.05) is 0 Å². The highest BCUT2D eigenvalue weighted by Gasteiger charge is 2.29. The summed E-state index contributed by atoms with van der Waals surface area (Å²) in [6, 6.07) is 7.77. The number of carbonyl (C=O) groups is 2. The molecular weight excluding hydrogens is 378 g/mol. The minimum Gasteiger partial charge on any atom is -0.507 e. The van der Waals surface area contributed by atoms with Crippen molar-refractivity contribution in [3.63, 3.8) is 0 Å². The van der Waals surface area contributed by atoms with Gasteiger partial charge in [0.1, 0.15) is 16.0 Å². The third-order valence-corrected chi connectivity index (χ3v) is 6.28. The lowest BCUT2D eigenvalue weighted by Crippen LogP contribution is -2.54. The van der Waals surface area contributed by atoms with Crippen LogP contribution in [-0.2, 0) is 14.8 Å². The van der Waals surface area contributed by atoms with E-state index in [0.29, 0.717) is 0 Å². The first-order valence-electron chi connectivity index (χ1n) is 7.66. The van der Waals surface area contributed by atoms with Gasteiger partial charge in [-0.25, -0.2) is 8.42 Å². The second kappa shape index (κ2) is 8.30. The summed E-state index contributed by atoms with van der Waals surface area (Å²) in [6.45, 7) is 3.35. The fourth-order valence-electron chi connectivity index (χ4n) is 2.06. The van der Waals surface area contributed by atoms with Crippen LogP contribution in [0, 0.1) is 5.92 Å². The number of amides is 2. The zero-order valence-corrected chi connectivity index (χ0v) is 15.7.